The predicted octanol–water partition coefficient (Wildman–Crippen LogP) is 1.24. The zero-order chi connectivity index (χ0) is 7.98. The van der Waals surface area contributed by atoms with Crippen LogP contribution in [0, 0.1) is 12.8 Å². The van der Waals surface area contributed by atoms with E-state index >= 15 is 0 Å². The largest absolute Gasteiger partial charge is 0.391 e. The van der Waals surface area contributed by atoms with Gasteiger partial charge in [0.05, 0.1) is 12.7 Å². The van der Waals surface area contributed by atoms with Gasteiger partial charge in [-0.1, -0.05) is 13.8 Å². The maximum absolute atomic E-state index is 8.68. The highest BCUT2D eigenvalue weighted by atomic mass is 16.5. The molecule has 0 saturated carbocycles. The van der Waals surface area contributed by atoms with Crippen molar-refractivity contribution in [2.45, 2.75) is 26.4 Å². The molecule has 0 spiro atoms. The van der Waals surface area contributed by atoms with Crippen LogP contribution in [0.2, 0.25) is 0 Å². The van der Waals surface area contributed by atoms with Gasteiger partial charge in [-0.3, -0.25) is 0 Å². The van der Waals surface area contributed by atoms with Gasteiger partial charge in [0, 0.05) is 6.61 Å². The molecule has 2 nitrogen and oxygen atoms in total. The summed E-state index contributed by atoms with van der Waals surface area (Å²) in [7, 11) is 0. The Labute approximate surface area is 63.2 Å². The molecule has 0 bridgehead atoms. The molecule has 0 aliphatic rings. The fourth-order valence-corrected chi connectivity index (χ4v) is 0.538. The van der Waals surface area contributed by atoms with Crippen LogP contribution >= 0.6 is 0 Å². The van der Waals surface area contributed by atoms with Crippen LogP contribution in [-0.4, -0.2) is 24.4 Å². The summed E-state index contributed by atoms with van der Waals surface area (Å²) >= 11 is 0. The molecule has 0 amide bonds. The Balaban J connectivity index is 2.91. The molecule has 1 N–H and O–H groups in total. The van der Waals surface area contributed by atoms with Crippen molar-refractivity contribution in [3.05, 3.63) is 6.92 Å². The molecule has 1 atom stereocenters. The van der Waals surface area contributed by atoms with Gasteiger partial charge >= 0.3 is 0 Å². The lowest BCUT2D eigenvalue weighted by Crippen LogP contribution is -2.12. The third-order valence-corrected chi connectivity index (χ3v) is 1.15. The van der Waals surface area contributed by atoms with E-state index in [0.717, 1.165) is 13.0 Å². The Morgan fingerprint density at radius 1 is 1.50 bits per heavy atom. The van der Waals surface area contributed by atoms with Crippen molar-refractivity contribution in [3.63, 3.8) is 0 Å². The molecule has 0 aromatic heterocycles. The van der Waals surface area contributed by atoms with Crippen molar-refractivity contribution in [2.75, 3.05) is 13.2 Å². The first-order valence-corrected chi connectivity index (χ1v) is 3.71. The molecule has 0 aliphatic heterocycles. The van der Waals surface area contributed by atoms with E-state index in [2.05, 4.69) is 20.8 Å². The lowest BCUT2D eigenvalue weighted by Gasteiger charge is -2.07. The van der Waals surface area contributed by atoms with Gasteiger partial charge in [0.25, 0.3) is 0 Å². The van der Waals surface area contributed by atoms with Crippen LogP contribution < -0.4 is 0 Å². The first-order valence-electron chi connectivity index (χ1n) is 3.71. The summed E-state index contributed by atoms with van der Waals surface area (Å²) in [5.41, 5.74) is 0. The van der Waals surface area contributed by atoms with Crippen LogP contribution in [0.3, 0.4) is 0 Å². The van der Waals surface area contributed by atoms with E-state index in [1.54, 1.807) is 0 Å². The van der Waals surface area contributed by atoms with Gasteiger partial charge in [0.2, 0.25) is 0 Å². The van der Waals surface area contributed by atoms with E-state index in [-0.39, 0.29) is 0 Å². The second kappa shape index (κ2) is 5.69. The minimum absolute atomic E-state index is 0.354. The monoisotopic (exact) mass is 145 g/mol. The van der Waals surface area contributed by atoms with Crippen molar-refractivity contribution < 1.29 is 9.84 Å². The van der Waals surface area contributed by atoms with Crippen molar-refractivity contribution in [2.24, 2.45) is 5.92 Å². The third kappa shape index (κ3) is 7.92. The van der Waals surface area contributed by atoms with Gasteiger partial charge in [0.1, 0.15) is 0 Å². The lowest BCUT2D eigenvalue weighted by molar-refractivity contribution is 0.0533. The summed E-state index contributed by atoms with van der Waals surface area (Å²) in [6, 6.07) is 0. The zero-order valence-corrected chi connectivity index (χ0v) is 6.84. The van der Waals surface area contributed by atoms with Crippen LogP contribution in [0.4, 0.5) is 0 Å². The average molecular weight is 145 g/mol. The first kappa shape index (κ1) is 9.92. The van der Waals surface area contributed by atoms with Gasteiger partial charge < -0.3 is 9.84 Å². The Morgan fingerprint density at radius 3 is 2.50 bits per heavy atom. The normalized spacial score (nSPS) is 14.1. The number of ether oxygens (including phenoxy) is 1. The molecule has 61 valence electrons. The van der Waals surface area contributed by atoms with Crippen LogP contribution in [-0.2, 0) is 4.74 Å². The molecule has 2 heteroatoms. The van der Waals surface area contributed by atoms with E-state index < -0.39 is 6.10 Å². The fourth-order valence-electron chi connectivity index (χ4n) is 0.538. The highest BCUT2D eigenvalue weighted by molar-refractivity contribution is 4.53. The summed E-state index contributed by atoms with van der Waals surface area (Å²) in [4.78, 5) is 0. The SMILES string of the molecule is [CH2]C(O)COCCC(C)C. The maximum Gasteiger partial charge on any atom is 0.0774 e. The Morgan fingerprint density at radius 2 is 2.10 bits per heavy atom. The number of aliphatic hydroxyl groups is 1. The van der Waals surface area contributed by atoms with Gasteiger partial charge in [-0.25, -0.2) is 0 Å². The third-order valence-electron chi connectivity index (χ3n) is 1.15. The molecule has 0 aliphatic carbocycles. The van der Waals surface area contributed by atoms with Crippen LogP contribution in [0.1, 0.15) is 20.3 Å². The first-order chi connectivity index (χ1) is 4.63. The van der Waals surface area contributed by atoms with Crippen molar-refractivity contribution in [1.82, 2.24) is 0 Å². The predicted molar refractivity (Wildman–Crippen MR) is 41.6 cm³/mol. The zero-order valence-electron chi connectivity index (χ0n) is 6.84. The minimum Gasteiger partial charge on any atom is -0.391 e. The smallest absolute Gasteiger partial charge is 0.0774 e. The lowest BCUT2D eigenvalue weighted by atomic mass is 10.1. The molecular formula is C8H17O2. The number of aliphatic hydroxyl groups excluding tert-OH is 1. The molecule has 0 saturated heterocycles. The van der Waals surface area contributed by atoms with E-state index in [0.29, 0.717) is 12.5 Å². The molecule has 0 fully saturated rings. The summed E-state index contributed by atoms with van der Waals surface area (Å²) in [5.74, 6) is 0.668. The number of hydrogen-bond acceptors (Lipinski definition) is 2. The molecule has 0 heterocycles. The van der Waals surface area contributed by atoms with E-state index in [1.807, 2.05) is 0 Å². The molecule has 0 aromatic rings. The Bertz CT molecular complexity index is 59.7. The van der Waals surface area contributed by atoms with E-state index in [1.165, 1.54) is 0 Å². The summed E-state index contributed by atoms with van der Waals surface area (Å²) in [6.07, 6.45) is 0.472. The second-order valence-electron chi connectivity index (χ2n) is 2.91. The van der Waals surface area contributed by atoms with Gasteiger partial charge in [0.15, 0.2) is 0 Å². The van der Waals surface area contributed by atoms with E-state index in [9.17, 15) is 0 Å². The second-order valence-corrected chi connectivity index (χ2v) is 2.91. The maximum atomic E-state index is 8.68. The standard InChI is InChI=1S/C8H17O2/c1-7(2)4-5-10-6-8(3)9/h7-9H,3-6H2,1-2H3. The Hall–Kier alpha value is -0.0800. The van der Waals surface area contributed by atoms with Crippen LogP contribution in [0.25, 0.3) is 0 Å². The van der Waals surface area contributed by atoms with Crippen LogP contribution in [0.15, 0.2) is 0 Å². The van der Waals surface area contributed by atoms with Crippen molar-refractivity contribution >= 4 is 0 Å². The molecular weight excluding hydrogens is 128 g/mol. The average Bonchev–Trinajstić information content (AvgIpc) is 1.79. The molecule has 0 aromatic carbocycles. The Kier molecular flexibility index (Phi) is 5.64. The van der Waals surface area contributed by atoms with Crippen LogP contribution in [0.5, 0.6) is 0 Å². The van der Waals surface area contributed by atoms with Crippen molar-refractivity contribution in [1.29, 1.82) is 0 Å². The van der Waals surface area contributed by atoms with Crippen molar-refractivity contribution in [3.8, 4) is 0 Å². The minimum atomic E-state index is -0.577. The highest BCUT2D eigenvalue weighted by Crippen LogP contribution is 1.98. The molecule has 1 radical (unpaired) electrons. The summed E-state index contributed by atoms with van der Waals surface area (Å²) in [5, 5.41) is 8.68. The number of rotatable bonds is 5. The van der Waals surface area contributed by atoms with Gasteiger partial charge in [-0.15, -0.1) is 0 Å². The quantitative estimate of drug-likeness (QED) is 0.590. The van der Waals surface area contributed by atoms with Gasteiger partial charge in [-0.2, -0.15) is 0 Å². The fraction of sp³-hybridized carbons (Fsp3) is 0.875. The highest BCUT2D eigenvalue weighted by Gasteiger charge is 1.96. The molecule has 10 heavy (non-hydrogen) atoms. The van der Waals surface area contributed by atoms with Gasteiger partial charge in [-0.05, 0) is 19.3 Å². The van der Waals surface area contributed by atoms with E-state index in [4.69, 9.17) is 9.84 Å². The summed E-state index contributed by atoms with van der Waals surface area (Å²) < 4.78 is 5.09. The molecule has 0 rings (SSSR count). The topological polar surface area (TPSA) is 29.5 Å². The molecule has 1 unspecified atom stereocenters. The number of hydrogen-bond donors (Lipinski definition) is 1. The summed E-state index contributed by atoms with van der Waals surface area (Å²) in [6.45, 7) is 8.75.